The molecule has 0 rings (SSSR count). The van der Waals surface area contributed by atoms with Crippen molar-refractivity contribution < 1.29 is 9.53 Å². The van der Waals surface area contributed by atoms with E-state index in [9.17, 15) is 4.79 Å². The molecule has 1 atom stereocenters. The van der Waals surface area contributed by atoms with E-state index in [-0.39, 0.29) is 12.1 Å². The van der Waals surface area contributed by atoms with Gasteiger partial charge in [0.2, 0.25) is 0 Å². The van der Waals surface area contributed by atoms with Crippen molar-refractivity contribution in [3.05, 3.63) is 12.2 Å². The summed E-state index contributed by atoms with van der Waals surface area (Å²) in [6.45, 7) is 9.69. The number of carbonyl (C=O) groups is 1. The highest BCUT2D eigenvalue weighted by molar-refractivity contribution is 5.87. The number of rotatable bonds is 10. The first-order valence-electron chi connectivity index (χ1n) is 6.98. The molecule has 0 saturated heterocycles. The average molecular weight is 240 g/mol. The average Bonchev–Trinajstić information content (AvgIpc) is 2.30. The summed E-state index contributed by atoms with van der Waals surface area (Å²) in [6, 6.07) is 0. The summed E-state index contributed by atoms with van der Waals surface area (Å²) in [5, 5.41) is 0. The molecule has 0 radical (unpaired) electrons. The van der Waals surface area contributed by atoms with Gasteiger partial charge in [0.1, 0.15) is 6.10 Å². The van der Waals surface area contributed by atoms with E-state index in [4.69, 9.17) is 4.74 Å². The van der Waals surface area contributed by atoms with Crippen LogP contribution in [0.5, 0.6) is 0 Å². The van der Waals surface area contributed by atoms with E-state index in [1.807, 2.05) is 0 Å². The molecule has 0 aromatic rings. The fourth-order valence-corrected chi connectivity index (χ4v) is 1.74. The predicted molar refractivity (Wildman–Crippen MR) is 73.0 cm³/mol. The van der Waals surface area contributed by atoms with Crippen LogP contribution in [-0.2, 0) is 9.53 Å². The lowest BCUT2D eigenvalue weighted by Crippen LogP contribution is -2.18. The Hall–Kier alpha value is -0.790. The van der Waals surface area contributed by atoms with Crippen molar-refractivity contribution in [3.63, 3.8) is 0 Å². The summed E-state index contributed by atoms with van der Waals surface area (Å²) < 4.78 is 5.46. The SMILES string of the molecule is C=C(C)C(=O)OC(CCCC)CCCCCC. The van der Waals surface area contributed by atoms with Crippen molar-refractivity contribution >= 4 is 5.97 Å². The van der Waals surface area contributed by atoms with Crippen LogP contribution in [0.1, 0.15) is 72.1 Å². The maximum Gasteiger partial charge on any atom is 0.333 e. The van der Waals surface area contributed by atoms with Gasteiger partial charge in [-0.15, -0.1) is 0 Å². The molecule has 2 nitrogen and oxygen atoms in total. The number of unbranched alkanes of at least 4 members (excludes halogenated alkanes) is 4. The molecule has 0 spiro atoms. The molecule has 0 aliphatic rings. The van der Waals surface area contributed by atoms with E-state index < -0.39 is 0 Å². The number of carbonyl (C=O) groups excluding carboxylic acids is 1. The molecular formula is C15H28O2. The predicted octanol–water partition coefficient (Wildman–Crippen LogP) is 4.63. The molecule has 0 aliphatic carbocycles. The highest BCUT2D eigenvalue weighted by Gasteiger charge is 2.14. The largest absolute Gasteiger partial charge is 0.459 e. The third-order valence-electron chi connectivity index (χ3n) is 2.88. The second kappa shape index (κ2) is 10.4. The van der Waals surface area contributed by atoms with Gasteiger partial charge >= 0.3 is 5.97 Å². The number of esters is 1. The van der Waals surface area contributed by atoms with Crippen LogP contribution in [0.2, 0.25) is 0 Å². The Morgan fingerprint density at radius 1 is 1.06 bits per heavy atom. The van der Waals surface area contributed by atoms with Crippen LogP contribution in [0.25, 0.3) is 0 Å². The molecule has 1 unspecified atom stereocenters. The lowest BCUT2D eigenvalue weighted by atomic mass is 10.0. The molecule has 0 bridgehead atoms. The Morgan fingerprint density at radius 2 is 1.65 bits per heavy atom. The van der Waals surface area contributed by atoms with Gasteiger partial charge in [0.25, 0.3) is 0 Å². The smallest absolute Gasteiger partial charge is 0.333 e. The zero-order chi connectivity index (χ0) is 13.1. The van der Waals surface area contributed by atoms with Gasteiger partial charge in [-0.1, -0.05) is 52.5 Å². The summed E-state index contributed by atoms with van der Waals surface area (Å²) in [7, 11) is 0. The standard InChI is InChI=1S/C15H28O2/c1-5-7-9-10-12-14(11-8-6-2)17-15(16)13(3)4/h14H,3,5-12H2,1-2,4H3. The van der Waals surface area contributed by atoms with Crippen LogP contribution in [-0.4, -0.2) is 12.1 Å². The van der Waals surface area contributed by atoms with Crippen LogP contribution >= 0.6 is 0 Å². The van der Waals surface area contributed by atoms with Gasteiger partial charge in [0, 0.05) is 5.57 Å². The lowest BCUT2D eigenvalue weighted by molar-refractivity contribution is -0.145. The monoisotopic (exact) mass is 240 g/mol. The van der Waals surface area contributed by atoms with Gasteiger partial charge in [0.15, 0.2) is 0 Å². The summed E-state index contributed by atoms with van der Waals surface area (Å²) in [6.07, 6.45) is 9.27. The molecular weight excluding hydrogens is 212 g/mol. The molecule has 0 fully saturated rings. The summed E-state index contributed by atoms with van der Waals surface area (Å²) >= 11 is 0. The van der Waals surface area contributed by atoms with E-state index in [0.29, 0.717) is 5.57 Å². The van der Waals surface area contributed by atoms with Gasteiger partial charge in [0.05, 0.1) is 0 Å². The summed E-state index contributed by atoms with van der Waals surface area (Å²) in [5.74, 6) is -0.235. The maximum atomic E-state index is 11.5. The Balaban J connectivity index is 3.95. The van der Waals surface area contributed by atoms with Crippen molar-refractivity contribution in [1.29, 1.82) is 0 Å². The van der Waals surface area contributed by atoms with E-state index in [0.717, 1.165) is 32.1 Å². The zero-order valence-corrected chi connectivity index (χ0v) is 11.8. The van der Waals surface area contributed by atoms with Gasteiger partial charge in [-0.3, -0.25) is 0 Å². The van der Waals surface area contributed by atoms with Crippen molar-refractivity contribution in [1.82, 2.24) is 0 Å². The normalized spacial score (nSPS) is 12.2. The molecule has 0 aromatic heterocycles. The number of hydrogen-bond donors (Lipinski definition) is 0. The van der Waals surface area contributed by atoms with Crippen LogP contribution in [0.15, 0.2) is 12.2 Å². The minimum atomic E-state index is -0.235. The first-order valence-corrected chi connectivity index (χ1v) is 6.98. The molecule has 0 aromatic carbocycles. The number of hydrogen-bond acceptors (Lipinski definition) is 2. The molecule has 17 heavy (non-hydrogen) atoms. The molecule has 0 aliphatic heterocycles. The molecule has 0 N–H and O–H groups in total. The fourth-order valence-electron chi connectivity index (χ4n) is 1.74. The Kier molecular flexibility index (Phi) is 9.89. The quantitative estimate of drug-likeness (QED) is 0.316. The van der Waals surface area contributed by atoms with E-state index in [1.54, 1.807) is 6.92 Å². The van der Waals surface area contributed by atoms with Crippen molar-refractivity contribution in [2.24, 2.45) is 0 Å². The molecule has 0 saturated carbocycles. The minimum Gasteiger partial charge on any atom is -0.459 e. The molecule has 0 amide bonds. The summed E-state index contributed by atoms with van der Waals surface area (Å²) in [4.78, 5) is 11.5. The van der Waals surface area contributed by atoms with Crippen LogP contribution in [0.4, 0.5) is 0 Å². The minimum absolute atomic E-state index is 0.0935. The fraction of sp³-hybridized carbons (Fsp3) is 0.800. The van der Waals surface area contributed by atoms with Crippen molar-refractivity contribution in [3.8, 4) is 0 Å². The third kappa shape index (κ3) is 8.96. The topological polar surface area (TPSA) is 26.3 Å². The van der Waals surface area contributed by atoms with Gasteiger partial charge in [-0.25, -0.2) is 4.79 Å². The van der Waals surface area contributed by atoms with E-state index in [2.05, 4.69) is 20.4 Å². The second-order valence-corrected chi connectivity index (χ2v) is 4.80. The molecule has 2 heteroatoms. The van der Waals surface area contributed by atoms with Gasteiger partial charge in [-0.05, 0) is 26.2 Å². The van der Waals surface area contributed by atoms with Crippen LogP contribution < -0.4 is 0 Å². The zero-order valence-electron chi connectivity index (χ0n) is 11.8. The highest BCUT2D eigenvalue weighted by Crippen LogP contribution is 2.15. The summed E-state index contributed by atoms with van der Waals surface area (Å²) in [5.41, 5.74) is 0.500. The first kappa shape index (κ1) is 16.2. The maximum absolute atomic E-state index is 11.5. The highest BCUT2D eigenvalue weighted by atomic mass is 16.5. The second-order valence-electron chi connectivity index (χ2n) is 4.80. The Labute approximate surface area is 106 Å². The lowest BCUT2D eigenvalue weighted by Gasteiger charge is -2.17. The first-order chi connectivity index (χ1) is 8.11. The Morgan fingerprint density at radius 3 is 2.18 bits per heavy atom. The van der Waals surface area contributed by atoms with E-state index in [1.165, 1.54) is 19.3 Å². The van der Waals surface area contributed by atoms with Crippen molar-refractivity contribution in [2.75, 3.05) is 0 Å². The van der Waals surface area contributed by atoms with Crippen LogP contribution in [0.3, 0.4) is 0 Å². The van der Waals surface area contributed by atoms with Gasteiger partial charge in [-0.2, -0.15) is 0 Å². The number of ether oxygens (including phenoxy) is 1. The van der Waals surface area contributed by atoms with E-state index >= 15 is 0 Å². The third-order valence-corrected chi connectivity index (χ3v) is 2.88. The van der Waals surface area contributed by atoms with Crippen LogP contribution in [0, 0.1) is 0 Å². The molecule has 100 valence electrons. The Bertz CT molecular complexity index is 221. The molecule has 0 heterocycles. The van der Waals surface area contributed by atoms with Crippen molar-refractivity contribution in [2.45, 2.75) is 78.2 Å². The van der Waals surface area contributed by atoms with Gasteiger partial charge < -0.3 is 4.74 Å².